The topological polar surface area (TPSA) is 63.3 Å². The van der Waals surface area contributed by atoms with Crippen molar-refractivity contribution in [2.75, 3.05) is 6.61 Å². The number of aliphatic hydroxyl groups is 1. The minimum Gasteiger partial charge on any atom is -0.395 e. The van der Waals surface area contributed by atoms with E-state index in [9.17, 15) is 14.3 Å². The van der Waals surface area contributed by atoms with Gasteiger partial charge < -0.3 is 10.8 Å². The zero-order valence-corrected chi connectivity index (χ0v) is 11.4. The number of halogens is 3. The molecule has 0 saturated carbocycles. The first-order valence-corrected chi connectivity index (χ1v) is 6.05. The van der Waals surface area contributed by atoms with E-state index in [1.807, 2.05) is 0 Å². The molecule has 1 aromatic rings. The Bertz CT molecular complexity index is 443. The molecule has 0 bridgehead atoms. The van der Waals surface area contributed by atoms with Crippen LogP contribution in [0, 0.1) is 5.82 Å². The molecule has 0 aliphatic rings. The normalized spacial score (nSPS) is 16.3. The Morgan fingerprint density at radius 3 is 2.76 bits per heavy atom. The number of carbonyl (C=O) groups is 1. The molecular formula is C11H12BrClFNO2. The van der Waals surface area contributed by atoms with Crippen LogP contribution in [0.25, 0.3) is 0 Å². The summed E-state index contributed by atoms with van der Waals surface area (Å²) in [5, 5.41) is 8.20. The quantitative estimate of drug-likeness (QED) is 0.831. The lowest BCUT2D eigenvalue weighted by Gasteiger charge is -2.31. The Kier molecular flexibility index (Phi) is 4.52. The molecule has 0 saturated heterocycles. The summed E-state index contributed by atoms with van der Waals surface area (Å²) in [5.41, 5.74) is 3.99. The average molecular weight is 325 g/mol. The molecule has 0 aromatic heterocycles. The van der Waals surface area contributed by atoms with Crippen LogP contribution >= 0.6 is 27.5 Å². The second-order valence-corrected chi connectivity index (χ2v) is 5.32. The summed E-state index contributed by atoms with van der Waals surface area (Å²) in [6, 6.07) is 4.23. The van der Waals surface area contributed by atoms with Gasteiger partial charge in [-0.25, -0.2) is 4.39 Å². The van der Waals surface area contributed by atoms with Gasteiger partial charge in [-0.15, -0.1) is 11.6 Å². The summed E-state index contributed by atoms with van der Waals surface area (Å²) < 4.78 is 14.4. The van der Waals surface area contributed by atoms with Crippen molar-refractivity contribution in [2.24, 2.45) is 5.73 Å². The summed E-state index contributed by atoms with van der Waals surface area (Å²) in [5.74, 6) is -1.35. The van der Waals surface area contributed by atoms with Gasteiger partial charge in [0.25, 0.3) is 0 Å². The molecule has 3 nitrogen and oxygen atoms in total. The summed E-state index contributed by atoms with van der Waals surface area (Å²) in [6.07, 6.45) is 0. The van der Waals surface area contributed by atoms with Crippen LogP contribution in [0.15, 0.2) is 22.7 Å². The number of nitrogens with two attached hydrogens (primary N) is 1. The van der Waals surface area contributed by atoms with Gasteiger partial charge in [0.2, 0.25) is 5.91 Å². The fraction of sp³-hybridized carbons (Fsp3) is 0.364. The van der Waals surface area contributed by atoms with Gasteiger partial charge in [-0.05, 0) is 23.8 Å². The molecule has 1 rings (SSSR count). The maximum absolute atomic E-state index is 13.7. The molecular weight excluding hydrogens is 312 g/mol. The monoisotopic (exact) mass is 323 g/mol. The molecule has 0 aliphatic heterocycles. The van der Waals surface area contributed by atoms with E-state index in [-0.39, 0.29) is 5.56 Å². The third kappa shape index (κ3) is 2.78. The van der Waals surface area contributed by atoms with Gasteiger partial charge in [-0.2, -0.15) is 0 Å². The molecule has 2 atom stereocenters. The number of aliphatic hydroxyl groups excluding tert-OH is 1. The van der Waals surface area contributed by atoms with Gasteiger partial charge in [-0.3, -0.25) is 4.79 Å². The molecule has 94 valence electrons. The van der Waals surface area contributed by atoms with E-state index in [0.717, 1.165) is 0 Å². The van der Waals surface area contributed by atoms with Crippen LogP contribution in [0.1, 0.15) is 12.5 Å². The highest BCUT2D eigenvalue weighted by atomic mass is 79.9. The zero-order chi connectivity index (χ0) is 13.2. The van der Waals surface area contributed by atoms with Gasteiger partial charge in [0.05, 0.1) is 6.61 Å². The van der Waals surface area contributed by atoms with Gasteiger partial charge in [0.15, 0.2) is 0 Å². The van der Waals surface area contributed by atoms with Crippen LogP contribution < -0.4 is 5.73 Å². The van der Waals surface area contributed by atoms with E-state index in [1.165, 1.54) is 25.1 Å². The first kappa shape index (κ1) is 14.4. The van der Waals surface area contributed by atoms with E-state index < -0.39 is 29.1 Å². The summed E-state index contributed by atoms with van der Waals surface area (Å²) in [4.78, 5) is 11.1. The average Bonchev–Trinajstić information content (AvgIpc) is 2.30. The predicted molar refractivity (Wildman–Crippen MR) is 67.4 cm³/mol. The van der Waals surface area contributed by atoms with E-state index in [4.69, 9.17) is 17.3 Å². The van der Waals surface area contributed by atoms with E-state index >= 15 is 0 Å². The van der Waals surface area contributed by atoms with Gasteiger partial charge in [0, 0.05) is 9.89 Å². The van der Waals surface area contributed by atoms with Crippen molar-refractivity contribution >= 4 is 33.4 Å². The van der Waals surface area contributed by atoms with Crippen LogP contribution in [0.2, 0.25) is 0 Å². The lowest BCUT2D eigenvalue weighted by molar-refractivity contribution is -0.119. The van der Waals surface area contributed by atoms with Crippen molar-refractivity contribution in [2.45, 2.75) is 17.7 Å². The predicted octanol–water partition coefficient (Wildman–Crippen LogP) is 1.93. The molecule has 6 heteroatoms. The van der Waals surface area contributed by atoms with Crippen LogP contribution in [0.3, 0.4) is 0 Å². The van der Waals surface area contributed by atoms with Crippen molar-refractivity contribution < 1.29 is 14.3 Å². The smallest absolute Gasteiger partial charge is 0.236 e. The highest BCUT2D eigenvalue weighted by Crippen LogP contribution is 2.34. The number of hydrogen-bond donors (Lipinski definition) is 2. The first-order chi connectivity index (χ1) is 7.82. The SMILES string of the molecule is CC(CO)(c1cc(Br)ccc1F)C(Cl)C(N)=O. The Morgan fingerprint density at radius 1 is 1.71 bits per heavy atom. The fourth-order valence-electron chi connectivity index (χ4n) is 1.55. The number of benzene rings is 1. The van der Waals surface area contributed by atoms with E-state index in [2.05, 4.69) is 15.9 Å². The van der Waals surface area contributed by atoms with Crippen LogP contribution in [0.4, 0.5) is 4.39 Å². The number of alkyl halides is 1. The van der Waals surface area contributed by atoms with E-state index in [1.54, 1.807) is 0 Å². The number of amides is 1. The fourth-order valence-corrected chi connectivity index (χ4v) is 2.10. The number of carbonyl (C=O) groups excluding carboxylic acids is 1. The Balaban J connectivity index is 3.34. The minimum atomic E-state index is -1.26. The minimum absolute atomic E-state index is 0.146. The molecule has 2 unspecified atom stereocenters. The molecule has 3 N–H and O–H groups in total. The Morgan fingerprint density at radius 2 is 2.29 bits per heavy atom. The highest BCUT2D eigenvalue weighted by molar-refractivity contribution is 9.10. The summed E-state index contributed by atoms with van der Waals surface area (Å²) in [6.45, 7) is 0.998. The van der Waals surface area contributed by atoms with Crippen molar-refractivity contribution in [3.8, 4) is 0 Å². The largest absolute Gasteiger partial charge is 0.395 e. The molecule has 1 amide bonds. The second kappa shape index (κ2) is 5.33. The molecule has 1 aromatic carbocycles. The number of hydrogen-bond acceptors (Lipinski definition) is 2. The standard InChI is InChI=1S/C11H12BrClFNO2/c1-11(5-16,9(13)10(15)17)7-4-6(12)2-3-8(7)14/h2-4,9,16H,5H2,1H3,(H2,15,17). The lowest BCUT2D eigenvalue weighted by atomic mass is 9.79. The van der Waals surface area contributed by atoms with Crippen LogP contribution in [-0.2, 0) is 10.2 Å². The molecule has 0 spiro atoms. The van der Waals surface area contributed by atoms with Gasteiger partial charge in [-0.1, -0.05) is 22.9 Å². The van der Waals surface area contributed by atoms with Crippen LogP contribution in [-0.4, -0.2) is 23.0 Å². The first-order valence-electron chi connectivity index (χ1n) is 4.82. The molecule has 0 heterocycles. The maximum Gasteiger partial charge on any atom is 0.236 e. The van der Waals surface area contributed by atoms with E-state index in [0.29, 0.717) is 4.47 Å². The third-order valence-corrected chi connectivity index (χ3v) is 3.87. The van der Waals surface area contributed by atoms with Crippen molar-refractivity contribution in [3.63, 3.8) is 0 Å². The molecule has 0 radical (unpaired) electrons. The van der Waals surface area contributed by atoms with Gasteiger partial charge in [0.1, 0.15) is 11.2 Å². The summed E-state index contributed by atoms with van der Waals surface area (Å²) >= 11 is 9.06. The Hall–Kier alpha value is -0.650. The maximum atomic E-state index is 13.7. The second-order valence-electron chi connectivity index (χ2n) is 3.96. The molecule has 0 fully saturated rings. The number of rotatable bonds is 4. The lowest BCUT2D eigenvalue weighted by Crippen LogP contribution is -2.45. The third-order valence-electron chi connectivity index (χ3n) is 2.68. The molecule has 17 heavy (non-hydrogen) atoms. The molecule has 0 aliphatic carbocycles. The number of primary amides is 1. The van der Waals surface area contributed by atoms with Crippen molar-refractivity contribution in [1.29, 1.82) is 0 Å². The highest BCUT2D eigenvalue weighted by Gasteiger charge is 2.40. The van der Waals surface area contributed by atoms with Crippen molar-refractivity contribution in [3.05, 3.63) is 34.1 Å². The van der Waals surface area contributed by atoms with Gasteiger partial charge >= 0.3 is 0 Å². The summed E-state index contributed by atoms with van der Waals surface area (Å²) in [7, 11) is 0. The Labute approximate surface area is 112 Å². The van der Waals surface area contributed by atoms with Crippen molar-refractivity contribution in [1.82, 2.24) is 0 Å². The zero-order valence-electron chi connectivity index (χ0n) is 9.08. The van der Waals surface area contributed by atoms with Crippen LogP contribution in [0.5, 0.6) is 0 Å².